The summed E-state index contributed by atoms with van der Waals surface area (Å²) >= 11 is 15.7. The van der Waals surface area contributed by atoms with Gasteiger partial charge in [0.15, 0.2) is 5.82 Å². The first-order chi connectivity index (χ1) is 14.4. The Morgan fingerprint density at radius 1 is 1.00 bits per heavy atom. The number of carbonyl (C=O) groups excluding carboxylic acids is 1. The van der Waals surface area contributed by atoms with E-state index in [-0.39, 0.29) is 5.82 Å². The van der Waals surface area contributed by atoms with Crippen molar-refractivity contribution < 1.29 is 4.79 Å². The quantitative estimate of drug-likeness (QED) is 0.344. The molecular formula is C22H15BrCl2N4O. The van der Waals surface area contributed by atoms with Crippen molar-refractivity contribution >= 4 is 50.7 Å². The van der Waals surface area contributed by atoms with Crippen molar-refractivity contribution in [3.05, 3.63) is 92.6 Å². The molecule has 3 aromatic carbocycles. The van der Waals surface area contributed by atoms with Crippen LogP contribution in [0.4, 0.5) is 5.69 Å². The number of nitrogens with one attached hydrogen (secondary N) is 1. The smallest absolute Gasteiger partial charge is 0.295 e. The largest absolute Gasteiger partial charge is 0.319 e. The molecule has 0 bridgehead atoms. The van der Waals surface area contributed by atoms with E-state index in [4.69, 9.17) is 23.2 Å². The first-order valence-electron chi connectivity index (χ1n) is 8.97. The van der Waals surface area contributed by atoms with E-state index >= 15 is 0 Å². The molecule has 8 heteroatoms. The Labute approximate surface area is 191 Å². The van der Waals surface area contributed by atoms with Crippen molar-refractivity contribution in [1.82, 2.24) is 14.8 Å². The number of rotatable bonds is 4. The zero-order chi connectivity index (χ0) is 21.3. The zero-order valence-electron chi connectivity index (χ0n) is 15.7. The molecule has 1 aromatic heterocycles. The van der Waals surface area contributed by atoms with Crippen molar-refractivity contribution in [2.45, 2.75) is 6.92 Å². The summed E-state index contributed by atoms with van der Waals surface area (Å²) in [6.07, 6.45) is 0. The van der Waals surface area contributed by atoms with Crippen LogP contribution in [0.2, 0.25) is 10.0 Å². The van der Waals surface area contributed by atoms with E-state index < -0.39 is 5.91 Å². The van der Waals surface area contributed by atoms with Gasteiger partial charge >= 0.3 is 0 Å². The molecule has 4 rings (SSSR count). The standard InChI is InChI=1S/C22H15BrCl2N4O/c1-13-2-11-18(12-19(13)25)29-21(14-3-7-16(24)8-4-14)27-20(28-29)22(30)26-17-9-5-15(23)6-10-17/h2-12H,1H3,(H,26,30). The summed E-state index contributed by atoms with van der Waals surface area (Å²) in [5.74, 6) is 0.136. The van der Waals surface area contributed by atoms with E-state index in [0.29, 0.717) is 27.2 Å². The number of aromatic nitrogens is 3. The molecule has 0 unspecified atom stereocenters. The van der Waals surface area contributed by atoms with Gasteiger partial charge in [0.05, 0.1) is 5.69 Å². The number of aryl methyl sites for hydroxylation is 1. The lowest BCUT2D eigenvalue weighted by Gasteiger charge is -2.07. The van der Waals surface area contributed by atoms with Crippen molar-refractivity contribution in [1.29, 1.82) is 0 Å². The average Bonchev–Trinajstić information content (AvgIpc) is 3.18. The third-order valence-corrected chi connectivity index (χ3v) is 5.60. The van der Waals surface area contributed by atoms with E-state index in [9.17, 15) is 4.79 Å². The van der Waals surface area contributed by atoms with E-state index in [2.05, 4.69) is 31.3 Å². The fourth-order valence-corrected chi connectivity index (χ4v) is 3.37. The van der Waals surface area contributed by atoms with Crippen molar-refractivity contribution in [3.63, 3.8) is 0 Å². The van der Waals surface area contributed by atoms with Gasteiger partial charge in [-0.05, 0) is 73.2 Å². The first kappa shape index (κ1) is 20.6. The number of anilines is 1. The van der Waals surface area contributed by atoms with Crippen LogP contribution in [-0.4, -0.2) is 20.7 Å². The summed E-state index contributed by atoms with van der Waals surface area (Å²) in [7, 11) is 0. The van der Waals surface area contributed by atoms with Crippen LogP contribution in [0.3, 0.4) is 0 Å². The number of halogens is 3. The van der Waals surface area contributed by atoms with Gasteiger partial charge in [0.1, 0.15) is 0 Å². The van der Waals surface area contributed by atoms with Gasteiger partial charge in [-0.1, -0.05) is 45.2 Å². The van der Waals surface area contributed by atoms with Crippen LogP contribution in [-0.2, 0) is 0 Å². The number of hydrogen-bond acceptors (Lipinski definition) is 3. The van der Waals surface area contributed by atoms with Gasteiger partial charge in [0.2, 0.25) is 5.82 Å². The van der Waals surface area contributed by atoms with Gasteiger partial charge in [0.25, 0.3) is 5.91 Å². The predicted octanol–water partition coefficient (Wildman–Crippen LogP) is 6.56. The van der Waals surface area contributed by atoms with Crippen LogP contribution in [0.5, 0.6) is 0 Å². The maximum Gasteiger partial charge on any atom is 0.295 e. The van der Waals surface area contributed by atoms with Crippen molar-refractivity contribution in [3.8, 4) is 17.1 Å². The molecule has 0 atom stereocenters. The molecule has 30 heavy (non-hydrogen) atoms. The number of hydrogen-bond donors (Lipinski definition) is 1. The highest BCUT2D eigenvalue weighted by Crippen LogP contribution is 2.26. The Hall–Kier alpha value is -2.67. The zero-order valence-corrected chi connectivity index (χ0v) is 18.8. The van der Waals surface area contributed by atoms with E-state index in [1.807, 2.05) is 43.3 Å². The Kier molecular flexibility index (Phi) is 5.90. The molecule has 5 nitrogen and oxygen atoms in total. The second-order valence-corrected chi connectivity index (χ2v) is 8.33. The molecule has 0 spiro atoms. The van der Waals surface area contributed by atoms with Gasteiger partial charge in [-0.2, -0.15) is 0 Å². The lowest BCUT2D eigenvalue weighted by Crippen LogP contribution is -2.14. The van der Waals surface area contributed by atoms with Crippen LogP contribution in [0.15, 0.2) is 71.2 Å². The summed E-state index contributed by atoms with van der Waals surface area (Å²) in [4.78, 5) is 17.3. The molecule has 1 heterocycles. The molecule has 0 aliphatic carbocycles. The molecule has 0 aliphatic rings. The average molecular weight is 502 g/mol. The molecule has 0 saturated carbocycles. The van der Waals surface area contributed by atoms with Gasteiger partial charge in [-0.15, -0.1) is 5.10 Å². The molecule has 0 radical (unpaired) electrons. The molecule has 0 aliphatic heterocycles. The summed E-state index contributed by atoms with van der Waals surface area (Å²) in [5.41, 5.74) is 3.06. The molecule has 0 fully saturated rings. The van der Waals surface area contributed by atoms with Crippen molar-refractivity contribution in [2.24, 2.45) is 0 Å². The molecule has 150 valence electrons. The van der Waals surface area contributed by atoms with Crippen LogP contribution in [0.25, 0.3) is 17.1 Å². The third kappa shape index (κ3) is 4.41. The maximum absolute atomic E-state index is 12.8. The van der Waals surface area contributed by atoms with E-state index in [1.165, 1.54) is 0 Å². The summed E-state index contributed by atoms with van der Waals surface area (Å²) in [6.45, 7) is 1.92. The van der Waals surface area contributed by atoms with Crippen LogP contribution in [0, 0.1) is 6.92 Å². The van der Waals surface area contributed by atoms with E-state index in [1.54, 1.807) is 35.0 Å². The molecule has 1 N–H and O–H groups in total. The predicted molar refractivity (Wildman–Crippen MR) is 124 cm³/mol. The topological polar surface area (TPSA) is 59.8 Å². The Morgan fingerprint density at radius 2 is 1.70 bits per heavy atom. The van der Waals surface area contributed by atoms with Crippen LogP contribution in [0.1, 0.15) is 16.2 Å². The summed E-state index contributed by atoms with van der Waals surface area (Å²) < 4.78 is 2.52. The van der Waals surface area contributed by atoms with E-state index in [0.717, 1.165) is 15.6 Å². The third-order valence-electron chi connectivity index (χ3n) is 4.41. The number of nitrogens with zero attached hydrogens (tertiary/aromatic N) is 3. The number of amides is 1. The highest BCUT2D eigenvalue weighted by atomic mass is 79.9. The molecule has 4 aromatic rings. The fourth-order valence-electron chi connectivity index (χ4n) is 2.81. The SMILES string of the molecule is Cc1ccc(-n2nc(C(=O)Nc3ccc(Br)cc3)nc2-c2ccc(Cl)cc2)cc1Cl. The molecule has 0 saturated heterocycles. The molecule has 1 amide bonds. The maximum atomic E-state index is 12.8. The minimum Gasteiger partial charge on any atom is -0.319 e. The molecular weight excluding hydrogens is 487 g/mol. The second kappa shape index (κ2) is 8.60. The van der Waals surface area contributed by atoms with Gasteiger partial charge < -0.3 is 5.32 Å². The van der Waals surface area contributed by atoms with Gasteiger partial charge in [-0.3, -0.25) is 4.79 Å². The van der Waals surface area contributed by atoms with Gasteiger partial charge in [-0.25, -0.2) is 9.67 Å². The minimum absolute atomic E-state index is 0.0413. The highest BCUT2D eigenvalue weighted by molar-refractivity contribution is 9.10. The fraction of sp³-hybridized carbons (Fsp3) is 0.0455. The second-order valence-electron chi connectivity index (χ2n) is 6.57. The highest BCUT2D eigenvalue weighted by Gasteiger charge is 2.19. The lowest BCUT2D eigenvalue weighted by atomic mass is 10.2. The Balaban J connectivity index is 1.76. The normalized spacial score (nSPS) is 10.8. The van der Waals surface area contributed by atoms with Crippen LogP contribution < -0.4 is 5.32 Å². The van der Waals surface area contributed by atoms with Gasteiger partial charge in [0, 0.05) is 25.8 Å². The first-order valence-corrected chi connectivity index (χ1v) is 10.5. The summed E-state index contributed by atoms with van der Waals surface area (Å²) in [6, 6.07) is 20.0. The lowest BCUT2D eigenvalue weighted by molar-refractivity contribution is 0.101. The van der Waals surface area contributed by atoms with Crippen LogP contribution >= 0.6 is 39.1 Å². The Morgan fingerprint density at radius 3 is 2.37 bits per heavy atom. The van der Waals surface area contributed by atoms with Crippen molar-refractivity contribution in [2.75, 3.05) is 5.32 Å². The Bertz CT molecular complexity index is 1220. The number of carbonyl (C=O) groups is 1. The summed E-state index contributed by atoms with van der Waals surface area (Å²) in [5, 5.41) is 8.48. The monoisotopic (exact) mass is 500 g/mol. The number of benzene rings is 3. The minimum atomic E-state index is -0.413.